The third-order valence-corrected chi connectivity index (χ3v) is 5.87. The van der Waals surface area contributed by atoms with Gasteiger partial charge < -0.3 is 18.0 Å². The van der Waals surface area contributed by atoms with Crippen molar-refractivity contribution in [2.24, 2.45) is 5.92 Å². The largest absolute Gasteiger partial charge is 0.541 e. The van der Waals surface area contributed by atoms with E-state index in [0.29, 0.717) is 32.3 Å². The molecule has 0 atom stereocenters. The van der Waals surface area contributed by atoms with Gasteiger partial charge in [-0.3, -0.25) is 0 Å². The molecule has 0 fully saturated rings. The van der Waals surface area contributed by atoms with Crippen molar-refractivity contribution in [3.05, 3.63) is 24.3 Å². The van der Waals surface area contributed by atoms with Gasteiger partial charge in [0.15, 0.2) is 0 Å². The average Bonchev–Trinajstić information content (AvgIpc) is 2.46. The summed E-state index contributed by atoms with van der Waals surface area (Å²) in [6.07, 6.45) is 0. The van der Waals surface area contributed by atoms with Crippen molar-refractivity contribution in [3.8, 4) is 5.75 Å². The van der Waals surface area contributed by atoms with Crippen LogP contribution in [0, 0.1) is 5.92 Å². The van der Waals surface area contributed by atoms with Crippen molar-refractivity contribution < 1.29 is 18.0 Å². The van der Waals surface area contributed by atoms with Crippen LogP contribution in [0.2, 0.25) is 0 Å². The van der Waals surface area contributed by atoms with Crippen molar-refractivity contribution >= 4 is 14.0 Å². The summed E-state index contributed by atoms with van der Waals surface area (Å²) >= 11 is 0. The predicted molar refractivity (Wildman–Crippen MR) is 87.0 cm³/mol. The third-order valence-electron chi connectivity index (χ3n) is 2.79. The summed E-state index contributed by atoms with van der Waals surface area (Å²) in [5.41, 5.74) is 0. The van der Waals surface area contributed by atoms with Gasteiger partial charge in [0.2, 0.25) is 0 Å². The molecule has 0 saturated heterocycles. The van der Waals surface area contributed by atoms with E-state index >= 15 is 0 Å². The SMILES string of the molecule is CCO[Si](OCC)(OCC)c1ccccc1OCC(C)C. The van der Waals surface area contributed by atoms with E-state index in [1.807, 2.05) is 45.0 Å². The fourth-order valence-corrected chi connectivity index (χ4v) is 4.64. The summed E-state index contributed by atoms with van der Waals surface area (Å²) < 4.78 is 23.8. The molecule has 120 valence electrons. The maximum absolute atomic E-state index is 5.96. The molecule has 0 aromatic heterocycles. The van der Waals surface area contributed by atoms with Crippen molar-refractivity contribution in [2.45, 2.75) is 34.6 Å². The number of hydrogen-bond acceptors (Lipinski definition) is 4. The molecule has 0 heterocycles. The molecule has 0 aliphatic rings. The van der Waals surface area contributed by atoms with E-state index in [2.05, 4.69) is 13.8 Å². The van der Waals surface area contributed by atoms with E-state index in [4.69, 9.17) is 18.0 Å². The first-order valence-corrected chi connectivity index (χ1v) is 9.46. The predicted octanol–water partition coefficient (Wildman–Crippen LogP) is 2.98. The zero-order valence-corrected chi connectivity index (χ0v) is 14.8. The van der Waals surface area contributed by atoms with E-state index < -0.39 is 8.80 Å². The summed E-state index contributed by atoms with van der Waals surface area (Å²) in [6, 6.07) is 7.87. The number of rotatable bonds is 10. The smallest absolute Gasteiger partial charge is 0.493 e. The molecule has 0 aliphatic carbocycles. The Bertz CT molecular complexity index is 392. The summed E-state index contributed by atoms with van der Waals surface area (Å²) in [7, 11) is -2.91. The van der Waals surface area contributed by atoms with Crippen molar-refractivity contribution in [1.29, 1.82) is 0 Å². The Morgan fingerprint density at radius 1 is 0.905 bits per heavy atom. The van der Waals surface area contributed by atoms with Gasteiger partial charge in [0, 0.05) is 19.8 Å². The molecule has 0 aliphatic heterocycles. The molecule has 0 saturated carbocycles. The van der Waals surface area contributed by atoms with Gasteiger partial charge in [-0.2, -0.15) is 0 Å². The lowest BCUT2D eigenvalue weighted by Gasteiger charge is -2.30. The van der Waals surface area contributed by atoms with E-state index in [1.165, 1.54) is 0 Å². The standard InChI is InChI=1S/C16H28O4Si/c1-6-18-21(19-7-2,20-8-3)16-12-10-9-11-15(16)17-13-14(4)5/h9-12,14H,6-8,13H2,1-5H3. The van der Waals surface area contributed by atoms with Crippen LogP contribution in [-0.4, -0.2) is 35.2 Å². The Morgan fingerprint density at radius 2 is 1.43 bits per heavy atom. The Hall–Kier alpha value is -0.883. The minimum atomic E-state index is -2.91. The van der Waals surface area contributed by atoms with Crippen molar-refractivity contribution in [3.63, 3.8) is 0 Å². The normalized spacial score (nSPS) is 11.9. The molecule has 4 nitrogen and oxygen atoms in total. The van der Waals surface area contributed by atoms with Crippen LogP contribution in [0.25, 0.3) is 0 Å². The minimum absolute atomic E-state index is 0.459. The van der Waals surface area contributed by atoms with Gasteiger partial charge in [-0.1, -0.05) is 32.0 Å². The molecule has 5 heteroatoms. The molecular formula is C16H28O4Si. The molecule has 0 spiro atoms. The molecule has 0 unspecified atom stereocenters. The van der Waals surface area contributed by atoms with E-state index in [1.54, 1.807) is 0 Å². The lowest BCUT2D eigenvalue weighted by atomic mass is 10.2. The molecule has 1 rings (SSSR count). The van der Waals surface area contributed by atoms with Gasteiger partial charge in [-0.15, -0.1) is 0 Å². The van der Waals surface area contributed by atoms with Crippen LogP contribution in [0.3, 0.4) is 0 Å². The van der Waals surface area contributed by atoms with Crippen LogP contribution in [0.15, 0.2) is 24.3 Å². The van der Waals surface area contributed by atoms with E-state index in [-0.39, 0.29) is 0 Å². The number of para-hydroxylation sites is 1. The number of benzene rings is 1. The van der Waals surface area contributed by atoms with Gasteiger partial charge in [0.05, 0.1) is 11.8 Å². The van der Waals surface area contributed by atoms with Gasteiger partial charge in [-0.05, 0) is 32.8 Å². The van der Waals surface area contributed by atoms with Crippen LogP contribution in [-0.2, 0) is 13.3 Å². The van der Waals surface area contributed by atoms with Gasteiger partial charge in [0.1, 0.15) is 5.75 Å². The highest BCUT2D eigenvalue weighted by Crippen LogP contribution is 2.19. The molecule has 0 amide bonds. The highest BCUT2D eigenvalue weighted by atomic mass is 28.4. The lowest BCUT2D eigenvalue weighted by Crippen LogP contribution is -2.57. The topological polar surface area (TPSA) is 36.9 Å². The van der Waals surface area contributed by atoms with Gasteiger partial charge in [0.25, 0.3) is 0 Å². The lowest BCUT2D eigenvalue weighted by molar-refractivity contribution is 0.0851. The summed E-state index contributed by atoms with van der Waals surface area (Å²) in [4.78, 5) is 0. The molecule has 0 radical (unpaired) electrons. The van der Waals surface area contributed by atoms with E-state index in [9.17, 15) is 0 Å². The summed E-state index contributed by atoms with van der Waals surface area (Å²) in [5.74, 6) is 1.26. The van der Waals surface area contributed by atoms with Crippen LogP contribution < -0.4 is 9.92 Å². The second-order valence-electron chi connectivity index (χ2n) is 5.06. The Morgan fingerprint density at radius 3 is 1.90 bits per heavy atom. The molecular weight excluding hydrogens is 284 g/mol. The molecule has 1 aromatic carbocycles. The number of hydrogen-bond donors (Lipinski definition) is 0. The average molecular weight is 312 g/mol. The zero-order chi connectivity index (χ0) is 15.7. The van der Waals surface area contributed by atoms with Crippen molar-refractivity contribution in [1.82, 2.24) is 0 Å². The zero-order valence-electron chi connectivity index (χ0n) is 13.8. The highest BCUT2D eigenvalue weighted by molar-refractivity contribution is 6.76. The van der Waals surface area contributed by atoms with Crippen LogP contribution >= 0.6 is 0 Å². The fraction of sp³-hybridized carbons (Fsp3) is 0.625. The quantitative estimate of drug-likeness (QED) is 0.622. The van der Waals surface area contributed by atoms with Crippen LogP contribution in [0.1, 0.15) is 34.6 Å². The molecule has 0 N–H and O–H groups in total. The fourth-order valence-electron chi connectivity index (χ4n) is 2.03. The Labute approximate surface area is 129 Å². The third kappa shape index (κ3) is 5.11. The molecule has 1 aromatic rings. The van der Waals surface area contributed by atoms with E-state index in [0.717, 1.165) is 10.9 Å². The second-order valence-corrected chi connectivity index (χ2v) is 7.57. The minimum Gasteiger partial charge on any atom is -0.493 e. The van der Waals surface area contributed by atoms with Gasteiger partial charge >= 0.3 is 8.80 Å². The summed E-state index contributed by atoms with van der Waals surface area (Å²) in [5, 5.41) is 0.913. The second kappa shape index (κ2) is 9.20. The molecule has 21 heavy (non-hydrogen) atoms. The van der Waals surface area contributed by atoms with Crippen molar-refractivity contribution in [2.75, 3.05) is 26.4 Å². The highest BCUT2D eigenvalue weighted by Gasteiger charge is 2.45. The first-order valence-electron chi connectivity index (χ1n) is 7.73. The maximum Gasteiger partial charge on any atom is 0.541 e. The summed E-state index contributed by atoms with van der Waals surface area (Å²) in [6.45, 7) is 12.4. The van der Waals surface area contributed by atoms with Gasteiger partial charge in [-0.25, -0.2) is 0 Å². The van der Waals surface area contributed by atoms with Crippen LogP contribution in [0.5, 0.6) is 5.75 Å². The Kier molecular flexibility index (Phi) is 7.96. The first kappa shape index (κ1) is 18.2. The maximum atomic E-state index is 5.96. The molecule has 0 bridgehead atoms. The number of ether oxygens (including phenoxy) is 1. The monoisotopic (exact) mass is 312 g/mol. The van der Waals surface area contributed by atoms with Crippen LogP contribution in [0.4, 0.5) is 0 Å². The first-order chi connectivity index (χ1) is 10.1. The Balaban J connectivity index is 3.15.